The number of aryl methyl sites for hydroxylation is 2. The Morgan fingerprint density at radius 2 is 1.97 bits per heavy atom. The number of fused-ring (bicyclic) bond motifs is 2. The first kappa shape index (κ1) is 19.8. The van der Waals surface area contributed by atoms with Crippen LogP contribution in [-0.4, -0.2) is 49.2 Å². The molecule has 0 N–H and O–H groups in total. The third-order valence-electron chi connectivity index (χ3n) is 6.13. The summed E-state index contributed by atoms with van der Waals surface area (Å²) >= 11 is 0. The average molecular weight is 441 g/mol. The highest BCUT2D eigenvalue weighted by Gasteiger charge is 2.27. The number of nitrogens with zero attached hydrogens (tertiary/aromatic N) is 6. The Morgan fingerprint density at radius 3 is 2.79 bits per heavy atom. The molecule has 0 unspecified atom stereocenters. The Hall–Kier alpha value is -3.81. The molecule has 4 aromatic rings. The van der Waals surface area contributed by atoms with E-state index in [1.54, 1.807) is 6.33 Å². The highest BCUT2D eigenvalue weighted by atomic mass is 16.5. The number of rotatable bonds is 5. The van der Waals surface area contributed by atoms with E-state index < -0.39 is 0 Å². The molecule has 5 heterocycles. The molecule has 166 valence electrons. The molecule has 6 rings (SSSR count). The minimum Gasteiger partial charge on any atom is -0.493 e. The van der Waals surface area contributed by atoms with Crippen LogP contribution in [0.4, 0.5) is 0 Å². The lowest BCUT2D eigenvalue weighted by Crippen LogP contribution is -2.17. The van der Waals surface area contributed by atoms with E-state index >= 15 is 0 Å². The molecule has 0 atom stereocenters. The number of aromatic nitrogens is 5. The van der Waals surface area contributed by atoms with E-state index in [0.717, 1.165) is 59.9 Å². The number of hydrogen-bond acceptors (Lipinski definition) is 7. The predicted octanol–water partition coefficient (Wildman–Crippen LogP) is 3.46. The Bertz CT molecular complexity index is 1370. The van der Waals surface area contributed by atoms with Gasteiger partial charge in [0.1, 0.15) is 30.2 Å². The number of ether oxygens (including phenoxy) is 2. The molecule has 0 amide bonds. The lowest BCUT2D eigenvalue weighted by molar-refractivity contribution is 0.279. The molecule has 1 aromatic carbocycles. The molecule has 0 saturated carbocycles. The molecule has 0 aliphatic carbocycles. The summed E-state index contributed by atoms with van der Waals surface area (Å²) in [5.74, 6) is 2.53. The minimum absolute atomic E-state index is 0.212. The number of hydrogen-bond donors (Lipinski definition) is 0. The molecule has 3 aromatic heterocycles. The maximum atomic E-state index is 5.71. The first-order valence-electron chi connectivity index (χ1n) is 11.2. The first-order valence-corrected chi connectivity index (χ1v) is 11.2. The fraction of sp³-hybridized carbons (Fsp3) is 0.320. The zero-order valence-corrected chi connectivity index (χ0v) is 18.7. The van der Waals surface area contributed by atoms with Gasteiger partial charge in [0.05, 0.1) is 12.1 Å². The molecule has 0 fully saturated rings. The van der Waals surface area contributed by atoms with Crippen LogP contribution in [0.15, 0.2) is 54.0 Å². The van der Waals surface area contributed by atoms with Crippen LogP contribution in [0, 0.1) is 0 Å². The molecule has 2 aliphatic rings. The van der Waals surface area contributed by atoms with Crippen molar-refractivity contribution in [1.29, 1.82) is 0 Å². The van der Waals surface area contributed by atoms with Crippen molar-refractivity contribution < 1.29 is 9.47 Å². The number of benzene rings is 1. The van der Waals surface area contributed by atoms with Gasteiger partial charge in [-0.3, -0.25) is 9.38 Å². The van der Waals surface area contributed by atoms with Gasteiger partial charge in [0, 0.05) is 41.9 Å². The van der Waals surface area contributed by atoms with Gasteiger partial charge >= 0.3 is 0 Å². The van der Waals surface area contributed by atoms with Crippen molar-refractivity contribution in [2.75, 3.05) is 13.2 Å². The zero-order valence-electron chi connectivity index (χ0n) is 18.7. The Labute approximate surface area is 191 Å². The standard InChI is InChI=1S/C25H24N6O2/c1-25(2)14-33-24(29-25)20-8-6-17(12-26-20)19-13-27-22(31-15-28-30-23(19)31)9-7-16-4-3-5-21-18(16)10-11-32-21/h3-6,8,12-13,15H,7,9-11,14H2,1-2H3. The monoisotopic (exact) mass is 440 g/mol. The Kier molecular flexibility index (Phi) is 4.60. The topological polar surface area (TPSA) is 86.8 Å². The smallest absolute Gasteiger partial charge is 0.236 e. The summed E-state index contributed by atoms with van der Waals surface area (Å²) in [6, 6.07) is 10.2. The molecule has 0 spiro atoms. The summed E-state index contributed by atoms with van der Waals surface area (Å²) in [5.41, 5.74) is 5.73. The Morgan fingerprint density at radius 1 is 1.03 bits per heavy atom. The molecule has 8 heteroatoms. The van der Waals surface area contributed by atoms with Gasteiger partial charge < -0.3 is 9.47 Å². The van der Waals surface area contributed by atoms with Crippen LogP contribution >= 0.6 is 0 Å². The molecule has 0 bridgehead atoms. The summed E-state index contributed by atoms with van der Waals surface area (Å²) < 4.78 is 13.4. The van der Waals surface area contributed by atoms with E-state index in [0.29, 0.717) is 12.5 Å². The fourth-order valence-corrected chi connectivity index (χ4v) is 4.42. The van der Waals surface area contributed by atoms with Gasteiger partial charge in [-0.1, -0.05) is 18.2 Å². The highest BCUT2D eigenvalue weighted by molar-refractivity contribution is 5.94. The number of pyridine rings is 1. The van der Waals surface area contributed by atoms with E-state index in [4.69, 9.17) is 14.5 Å². The van der Waals surface area contributed by atoms with Gasteiger partial charge in [-0.15, -0.1) is 10.2 Å². The van der Waals surface area contributed by atoms with Crippen LogP contribution in [-0.2, 0) is 24.0 Å². The van der Waals surface area contributed by atoms with Gasteiger partial charge in [0.15, 0.2) is 5.65 Å². The second kappa shape index (κ2) is 7.65. The third kappa shape index (κ3) is 3.61. The normalized spacial score (nSPS) is 16.4. The van der Waals surface area contributed by atoms with Crippen LogP contribution < -0.4 is 4.74 Å². The predicted molar refractivity (Wildman–Crippen MR) is 124 cm³/mol. The van der Waals surface area contributed by atoms with Gasteiger partial charge in [-0.25, -0.2) is 9.98 Å². The molecule has 2 aliphatic heterocycles. The van der Waals surface area contributed by atoms with Crippen molar-refractivity contribution in [2.24, 2.45) is 4.99 Å². The van der Waals surface area contributed by atoms with E-state index in [-0.39, 0.29) is 5.54 Å². The average Bonchev–Trinajstić information content (AvgIpc) is 3.57. The van der Waals surface area contributed by atoms with Crippen LogP contribution in [0.1, 0.15) is 36.5 Å². The highest BCUT2D eigenvalue weighted by Crippen LogP contribution is 2.29. The second-order valence-electron chi connectivity index (χ2n) is 9.06. The van der Waals surface area contributed by atoms with Crippen LogP contribution in [0.5, 0.6) is 5.75 Å². The third-order valence-corrected chi connectivity index (χ3v) is 6.13. The van der Waals surface area contributed by atoms with Crippen molar-refractivity contribution in [2.45, 2.75) is 38.6 Å². The van der Waals surface area contributed by atoms with Crippen molar-refractivity contribution in [1.82, 2.24) is 24.6 Å². The quantitative estimate of drug-likeness (QED) is 0.472. The summed E-state index contributed by atoms with van der Waals surface area (Å²) in [7, 11) is 0. The molecule has 0 saturated heterocycles. The fourth-order valence-electron chi connectivity index (χ4n) is 4.42. The molecular formula is C25H24N6O2. The lowest BCUT2D eigenvalue weighted by Gasteiger charge is -2.10. The van der Waals surface area contributed by atoms with E-state index in [9.17, 15) is 0 Å². The first-order chi connectivity index (χ1) is 16.1. The summed E-state index contributed by atoms with van der Waals surface area (Å²) in [5, 5.41) is 8.52. The number of aliphatic imine (C=N–C) groups is 1. The molecule has 0 radical (unpaired) electrons. The largest absolute Gasteiger partial charge is 0.493 e. The van der Waals surface area contributed by atoms with Crippen molar-refractivity contribution in [3.63, 3.8) is 0 Å². The maximum Gasteiger partial charge on any atom is 0.236 e. The van der Waals surface area contributed by atoms with E-state index in [1.807, 2.05) is 48.8 Å². The van der Waals surface area contributed by atoms with Gasteiger partial charge in [-0.2, -0.15) is 0 Å². The van der Waals surface area contributed by atoms with E-state index in [2.05, 4.69) is 32.3 Å². The van der Waals surface area contributed by atoms with Crippen molar-refractivity contribution >= 4 is 11.5 Å². The van der Waals surface area contributed by atoms with Crippen molar-refractivity contribution in [3.05, 3.63) is 71.7 Å². The molecular weight excluding hydrogens is 416 g/mol. The second-order valence-corrected chi connectivity index (χ2v) is 9.06. The van der Waals surface area contributed by atoms with Crippen molar-refractivity contribution in [3.8, 4) is 16.9 Å². The molecule has 33 heavy (non-hydrogen) atoms. The van der Waals surface area contributed by atoms with Gasteiger partial charge in [0.2, 0.25) is 5.90 Å². The minimum atomic E-state index is -0.212. The van der Waals surface area contributed by atoms with E-state index in [1.165, 1.54) is 11.1 Å². The SMILES string of the molecule is CC1(C)COC(c2ccc(-c3cnc(CCc4cccc5c4CCO5)n4cnnc34)cn2)=N1. The summed E-state index contributed by atoms with van der Waals surface area (Å²) in [6.07, 6.45) is 8.05. The maximum absolute atomic E-state index is 5.71. The lowest BCUT2D eigenvalue weighted by atomic mass is 10.0. The van der Waals surface area contributed by atoms with Crippen LogP contribution in [0.25, 0.3) is 16.8 Å². The summed E-state index contributed by atoms with van der Waals surface area (Å²) in [4.78, 5) is 13.9. The Balaban J connectivity index is 1.27. The van der Waals surface area contributed by atoms with Gasteiger partial charge in [-0.05, 0) is 38.0 Å². The van der Waals surface area contributed by atoms with Crippen LogP contribution in [0.3, 0.4) is 0 Å². The van der Waals surface area contributed by atoms with Gasteiger partial charge in [0.25, 0.3) is 0 Å². The summed E-state index contributed by atoms with van der Waals surface area (Å²) in [6.45, 7) is 5.42. The van der Waals surface area contributed by atoms with Crippen LogP contribution in [0.2, 0.25) is 0 Å². The molecule has 8 nitrogen and oxygen atoms in total. The zero-order chi connectivity index (χ0) is 22.4.